The first-order chi connectivity index (χ1) is 10.4. The molecule has 13 heteroatoms. The highest BCUT2D eigenvalue weighted by Gasteiger charge is 2.53. The van der Waals surface area contributed by atoms with Crippen LogP contribution in [-0.4, -0.2) is 26.9 Å². The lowest BCUT2D eigenvalue weighted by Gasteiger charge is -2.24. The fourth-order valence-electron chi connectivity index (χ4n) is 1.89. The Morgan fingerprint density at radius 2 is 1.50 bits per heavy atom. The fourth-order valence-corrected chi connectivity index (χ4v) is 5.65. The predicted octanol–water partition coefficient (Wildman–Crippen LogP) is 3.45. The van der Waals surface area contributed by atoms with Crippen LogP contribution in [0.5, 0.6) is 0 Å². The zero-order chi connectivity index (χ0) is 19.3. The normalized spacial score (nSPS) is 13.9. The van der Waals surface area contributed by atoms with Crippen LogP contribution in [0.15, 0.2) is 17.0 Å². The molecule has 0 aliphatic heterocycles. The molecular weight excluding hydrogens is 384 g/mol. The van der Waals surface area contributed by atoms with Crippen molar-refractivity contribution >= 4 is 28.8 Å². The zero-order valence-corrected chi connectivity index (χ0v) is 14.2. The van der Waals surface area contributed by atoms with Crippen molar-refractivity contribution in [2.24, 2.45) is 0 Å². The first-order valence-corrected chi connectivity index (χ1v) is 11.1. The van der Waals surface area contributed by atoms with Gasteiger partial charge in [-0.3, -0.25) is 10.1 Å². The van der Waals surface area contributed by atoms with Crippen molar-refractivity contribution in [2.75, 3.05) is 0 Å². The molecule has 0 aromatic heterocycles. The third-order valence-corrected chi connectivity index (χ3v) is 6.75. The first kappa shape index (κ1) is 20.4. The van der Waals surface area contributed by atoms with Gasteiger partial charge in [0.25, 0.3) is 15.5 Å². The van der Waals surface area contributed by atoms with Gasteiger partial charge in [0.15, 0.2) is 0 Å². The molecule has 0 saturated carbocycles. The van der Waals surface area contributed by atoms with E-state index in [4.69, 9.17) is 0 Å². The van der Waals surface area contributed by atoms with Crippen LogP contribution in [0.1, 0.15) is 5.56 Å². The van der Waals surface area contributed by atoms with Gasteiger partial charge in [0, 0.05) is 12.1 Å². The highest BCUT2D eigenvalue weighted by molar-refractivity contribution is 7.92. The van der Waals surface area contributed by atoms with Crippen molar-refractivity contribution in [3.05, 3.63) is 27.8 Å². The van der Waals surface area contributed by atoms with Crippen LogP contribution in [0.2, 0.25) is 19.6 Å². The molecule has 136 valence electrons. The van der Waals surface area contributed by atoms with Gasteiger partial charge < -0.3 is 0 Å². The molecule has 0 N–H and O–H groups in total. The van der Waals surface area contributed by atoms with Crippen LogP contribution < -0.4 is 5.19 Å². The van der Waals surface area contributed by atoms with E-state index in [0.29, 0.717) is 6.07 Å². The second-order valence-corrected chi connectivity index (χ2v) is 12.7. The number of sulfone groups is 1. The monoisotopic (exact) mass is 395 g/mol. The van der Waals surface area contributed by atoms with Gasteiger partial charge in [0.2, 0.25) is 0 Å². The highest BCUT2D eigenvalue weighted by Crippen LogP contribution is 2.40. The third kappa shape index (κ3) is 3.71. The predicted molar refractivity (Wildman–Crippen MR) is 74.3 cm³/mol. The van der Waals surface area contributed by atoms with E-state index in [9.17, 15) is 44.9 Å². The lowest BCUT2D eigenvalue weighted by Crippen LogP contribution is -2.44. The summed E-state index contributed by atoms with van der Waals surface area (Å²) in [6.07, 6.45) is -5.52. The quantitative estimate of drug-likeness (QED) is 0.340. The molecule has 0 aliphatic carbocycles. The Balaban J connectivity index is 4.16. The summed E-state index contributed by atoms with van der Waals surface area (Å²) in [4.78, 5) is 7.63. The second kappa shape index (κ2) is 5.72. The second-order valence-electron chi connectivity index (χ2n) is 5.82. The molecule has 24 heavy (non-hydrogen) atoms. The molecule has 5 nitrogen and oxygen atoms in total. The van der Waals surface area contributed by atoms with Gasteiger partial charge in [-0.15, -0.1) is 0 Å². The van der Waals surface area contributed by atoms with Crippen LogP contribution in [0.3, 0.4) is 0 Å². The molecule has 0 atom stereocenters. The maximum Gasteiger partial charge on any atom is 0.501 e. The lowest BCUT2D eigenvalue weighted by atomic mass is 10.2. The van der Waals surface area contributed by atoms with Crippen molar-refractivity contribution < 1.29 is 39.7 Å². The number of nitro benzene ring substituents is 1. The maximum atomic E-state index is 13.1. The van der Waals surface area contributed by atoms with Gasteiger partial charge in [0.05, 0.1) is 23.5 Å². The van der Waals surface area contributed by atoms with Crippen LogP contribution in [-0.2, 0) is 16.0 Å². The summed E-state index contributed by atoms with van der Waals surface area (Å²) >= 11 is 0. The number of benzene rings is 1. The topological polar surface area (TPSA) is 77.3 Å². The molecule has 0 bridgehead atoms. The van der Waals surface area contributed by atoms with E-state index in [1.54, 1.807) is 0 Å². The Hall–Kier alpha value is -1.63. The van der Waals surface area contributed by atoms with E-state index in [0.717, 1.165) is 0 Å². The summed E-state index contributed by atoms with van der Waals surface area (Å²) in [5.41, 5.74) is -9.29. The number of alkyl halides is 6. The van der Waals surface area contributed by atoms with E-state index in [1.807, 2.05) is 0 Å². The van der Waals surface area contributed by atoms with Crippen LogP contribution in [0.4, 0.5) is 32.0 Å². The minimum absolute atomic E-state index is 0.192. The summed E-state index contributed by atoms with van der Waals surface area (Å²) in [7, 11) is -9.49. The largest absolute Gasteiger partial charge is 0.501 e. The molecule has 0 heterocycles. The molecule has 0 saturated heterocycles. The molecule has 1 aromatic carbocycles. The van der Waals surface area contributed by atoms with Crippen molar-refractivity contribution in [1.29, 1.82) is 0 Å². The van der Waals surface area contributed by atoms with E-state index in [-0.39, 0.29) is 6.07 Å². The summed E-state index contributed by atoms with van der Waals surface area (Å²) in [6.45, 7) is 3.84. The molecular formula is C11H11F6NO4SSi. The molecule has 0 amide bonds. The first-order valence-electron chi connectivity index (χ1n) is 6.12. The third-order valence-electron chi connectivity index (χ3n) is 2.97. The van der Waals surface area contributed by atoms with Crippen molar-refractivity contribution in [2.45, 2.75) is 36.2 Å². The van der Waals surface area contributed by atoms with Gasteiger partial charge in [-0.1, -0.05) is 19.6 Å². The number of nitrogens with zero attached hydrogens (tertiary/aromatic N) is 1. The number of hydrogen-bond donors (Lipinski definition) is 0. The number of rotatable bonds is 3. The minimum atomic E-state index is -6.35. The molecule has 0 spiro atoms. The fraction of sp³-hybridized carbons (Fsp3) is 0.455. The van der Waals surface area contributed by atoms with E-state index in [2.05, 4.69) is 0 Å². The molecule has 0 fully saturated rings. The summed E-state index contributed by atoms with van der Waals surface area (Å²) < 4.78 is 101. The number of halogens is 6. The zero-order valence-electron chi connectivity index (χ0n) is 12.4. The minimum Gasteiger partial charge on any atom is -0.258 e. The Kier molecular flexibility index (Phi) is 4.86. The Morgan fingerprint density at radius 1 is 1.04 bits per heavy atom. The van der Waals surface area contributed by atoms with Crippen molar-refractivity contribution in [1.82, 2.24) is 0 Å². The maximum absolute atomic E-state index is 13.1. The van der Waals surface area contributed by atoms with Gasteiger partial charge in [-0.05, 0) is 5.19 Å². The summed E-state index contributed by atoms with van der Waals surface area (Å²) in [5.74, 6) is 0. The Bertz CT molecular complexity index is 744. The SMILES string of the molecule is C[Si](C)(C)c1cc([N+](=O)[O-])cc(C(F)(F)F)c1S(=O)(=O)C(F)(F)F. The molecule has 0 radical (unpaired) electrons. The van der Waals surface area contributed by atoms with E-state index < -0.39 is 55.9 Å². The van der Waals surface area contributed by atoms with Gasteiger partial charge in [-0.2, -0.15) is 26.3 Å². The lowest BCUT2D eigenvalue weighted by molar-refractivity contribution is -0.385. The molecule has 0 unspecified atom stereocenters. The van der Waals surface area contributed by atoms with E-state index in [1.165, 1.54) is 19.6 Å². The van der Waals surface area contributed by atoms with Crippen molar-refractivity contribution in [3.63, 3.8) is 0 Å². The molecule has 1 aromatic rings. The van der Waals surface area contributed by atoms with Crippen LogP contribution >= 0.6 is 0 Å². The van der Waals surface area contributed by atoms with Gasteiger partial charge in [-0.25, -0.2) is 8.42 Å². The summed E-state index contributed by atoms with van der Waals surface area (Å²) in [5, 5.41) is 9.99. The number of non-ortho nitro benzene ring substituents is 1. The Labute approximate surface area is 133 Å². The van der Waals surface area contributed by atoms with Crippen molar-refractivity contribution in [3.8, 4) is 0 Å². The van der Waals surface area contributed by atoms with Gasteiger partial charge >= 0.3 is 11.7 Å². The average Bonchev–Trinajstić information content (AvgIpc) is 2.33. The van der Waals surface area contributed by atoms with E-state index >= 15 is 0 Å². The number of hydrogen-bond acceptors (Lipinski definition) is 4. The molecule has 1 rings (SSSR count). The highest BCUT2D eigenvalue weighted by atomic mass is 32.2. The smallest absolute Gasteiger partial charge is 0.258 e. The average molecular weight is 395 g/mol. The number of nitro groups is 1. The van der Waals surface area contributed by atoms with Crippen LogP contribution in [0.25, 0.3) is 0 Å². The van der Waals surface area contributed by atoms with Gasteiger partial charge in [0.1, 0.15) is 0 Å². The summed E-state index contributed by atoms with van der Waals surface area (Å²) in [6, 6.07) is 0.280. The molecule has 0 aliphatic rings. The van der Waals surface area contributed by atoms with Crippen LogP contribution in [0, 0.1) is 10.1 Å². The Morgan fingerprint density at radius 3 is 1.79 bits per heavy atom. The standard InChI is InChI=1S/C11H11F6NO4SSi/c1-24(2,3)8-5-6(18(19)20)4-7(10(12,13)14)9(8)23(21,22)11(15,16)17/h4-5H,1-3H3.